The SMILES string of the molecule is CC1CCc2c(sc(NC(=O)c3cc(Br)c[nH]3)c2C#N)C1. The predicted octanol–water partition coefficient (Wildman–Crippen LogP) is 4.09. The zero-order valence-corrected chi connectivity index (χ0v) is 13.9. The molecular weight excluding hydrogens is 350 g/mol. The molecule has 21 heavy (non-hydrogen) atoms. The molecule has 0 saturated carbocycles. The number of nitrogens with zero attached hydrogens (tertiary/aromatic N) is 1. The predicted molar refractivity (Wildman–Crippen MR) is 86.7 cm³/mol. The highest BCUT2D eigenvalue weighted by Gasteiger charge is 2.25. The van der Waals surface area contributed by atoms with Crippen molar-refractivity contribution in [2.45, 2.75) is 26.2 Å². The molecule has 1 aliphatic carbocycles. The smallest absolute Gasteiger partial charge is 0.272 e. The van der Waals surface area contributed by atoms with Gasteiger partial charge in [-0.1, -0.05) is 6.92 Å². The highest BCUT2D eigenvalue weighted by molar-refractivity contribution is 9.10. The summed E-state index contributed by atoms with van der Waals surface area (Å²) in [7, 11) is 0. The van der Waals surface area contributed by atoms with Crippen molar-refractivity contribution in [1.82, 2.24) is 4.98 Å². The minimum atomic E-state index is -0.219. The first kappa shape index (κ1) is 14.4. The second-order valence-corrected chi connectivity index (χ2v) is 7.37. The quantitative estimate of drug-likeness (QED) is 0.843. The minimum absolute atomic E-state index is 0.219. The van der Waals surface area contributed by atoms with Gasteiger partial charge in [0.05, 0.1) is 5.56 Å². The first-order valence-corrected chi connectivity index (χ1v) is 8.39. The van der Waals surface area contributed by atoms with Crippen LogP contribution in [0.5, 0.6) is 0 Å². The van der Waals surface area contributed by atoms with Crippen molar-refractivity contribution in [1.29, 1.82) is 5.26 Å². The van der Waals surface area contributed by atoms with Gasteiger partial charge in [0.1, 0.15) is 16.8 Å². The fraction of sp³-hybridized carbons (Fsp3) is 0.333. The largest absolute Gasteiger partial charge is 0.356 e. The lowest BCUT2D eigenvalue weighted by molar-refractivity contribution is 0.102. The fourth-order valence-electron chi connectivity index (χ4n) is 2.63. The van der Waals surface area contributed by atoms with Crippen molar-refractivity contribution in [3.8, 4) is 6.07 Å². The molecular formula is C15H14BrN3OS. The van der Waals surface area contributed by atoms with E-state index in [9.17, 15) is 10.1 Å². The first-order valence-electron chi connectivity index (χ1n) is 6.78. The Labute approximate surface area is 135 Å². The third-order valence-corrected chi connectivity index (χ3v) is 5.37. The number of halogens is 1. The van der Waals surface area contributed by atoms with Gasteiger partial charge >= 0.3 is 0 Å². The summed E-state index contributed by atoms with van der Waals surface area (Å²) in [5.41, 5.74) is 2.25. The van der Waals surface area contributed by atoms with Crippen LogP contribution in [0, 0.1) is 17.2 Å². The van der Waals surface area contributed by atoms with Gasteiger partial charge in [0.25, 0.3) is 5.91 Å². The van der Waals surface area contributed by atoms with Crippen LogP contribution in [0.3, 0.4) is 0 Å². The number of carbonyl (C=O) groups is 1. The second-order valence-electron chi connectivity index (χ2n) is 5.35. The Morgan fingerprint density at radius 1 is 1.62 bits per heavy atom. The average Bonchev–Trinajstić information content (AvgIpc) is 3.01. The molecule has 2 aromatic rings. The molecule has 1 aliphatic rings. The van der Waals surface area contributed by atoms with E-state index in [-0.39, 0.29) is 5.91 Å². The number of amides is 1. The van der Waals surface area contributed by atoms with Gasteiger partial charge in [0.2, 0.25) is 0 Å². The van der Waals surface area contributed by atoms with Crippen molar-refractivity contribution in [2.24, 2.45) is 5.92 Å². The molecule has 1 atom stereocenters. The van der Waals surface area contributed by atoms with Crippen LogP contribution in [0.2, 0.25) is 0 Å². The van der Waals surface area contributed by atoms with Crippen LogP contribution in [0.25, 0.3) is 0 Å². The normalized spacial score (nSPS) is 17.1. The van der Waals surface area contributed by atoms with Gasteiger partial charge in [0.15, 0.2) is 0 Å². The third kappa shape index (κ3) is 2.76. The molecule has 2 aromatic heterocycles. The number of aromatic amines is 1. The highest BCUT2D eigenvalue weighted by atomic mass is 79.9. The maximum atomic E-state index is 12.2. The molecule has 108 valence electrons. The number of rotatable bonds is 2. The summed E-state index contributed by atoms with van der Waals surface area (Å²) in [6, 6.07) is 3.98. The lowest BCUT2D eigenvalue weighted by Gasteiger charge is -2.17. The summed E-state index contributed by atoms with van der Waals surface area (Å²) in [6.45, 7) is 2.23. The zero-order chi connectivity index (χ0) is 15.0. The Morgan fingerprint density at radius 2 is 2.43 bits per heavy atom. The molecule has 0 radical (unpaired) electrons. The van der Waals surface area contributed by atoms with Crippen LogP contribution in [0.15, 0.2) is 16.7 Å². The van der Waals surface area contributed by atoms with E-state index in [1.165, 1.54) is 4.88 Å². The molecule has 0 saturated heterocycles. The number of aromatic nitrogens is 1. The van der Waals surface area contributed by atoms with Crippen molar-refractivity contribution < 1.29 is 4.79 Å². The molecule has 3 rings (SSSR count). The van der Waals surface area contributed by atoms with Crippen LogP contribution in [-0.4, -0.2) is 10.9 Å². The molecule has 1 amide bonds. The number of hydrogen-bond acceptors (Lipinski definition) is 3. The van der Waals surface area contributed by atoms with Gasteiger partial charge in [-0.2, -0.15) is 5.26 Å². The molecule has 0 fully saturated rings. The molecule has 4 nitrogen and oxygen atoms in total. The number of nitrogens with one attached hydrogen (secondary N) is 2. The van der Waals surface area contributed by atoms with Gasteiger partial charge in [0, 0.05) is 15.5 Å². The second kappa shape index (κ2) is 5.66. The van der Waals surface area contributed by atoms with Gasteiger partial charge in [-0.25, -0.2) is 0 Å². The molecule has 0 aliphatic heterocycles. The van der Waals surface area contributed by atoms with E-state index in [4.69, 9.17) is 0 Å². The van der Waals surface area contributed by atoms with Crippen molar-refractivity contribution in [3.63, 3.8) is 0 Å². The summed E-state index contributed by atoms with van der Waals surface area (Å²) >= 11 is 4.85. The van der Waals surface area contributed by atoms with Crippen LogP contribution < -0.4 is 5.32 Å². The van der Waals surface area contributed by atoms with E-state index in [1.54, 1.807) is 23.6 Å². The molecule has 1 unspecified atom stereocenters. The summed E-state index contributed by atoms with van der Waals surface area (Å²) in [5.74, 6) is 0.425. The Balaban J connectivity index is 1.89. The van der Waals surface area contributed by atoms with E-state index in [2.05, 4.69) is 39.2 Å². The molecule has 2 N–H and O–H groups in total. The standard InChI is InChI=1S/C15H14BrN3OS/c1-8-2-3-10-11(6-17)15(21-13(10)4-8)19-14(20)12-5-9(16)7-18-12/h5,7-8,18H,2-4H2,1H3,(H,19,20). The average molecular weight is 364 g/mol. The monoisotopic (exact) mass is 363 g/mol. The molecule has 2 heterocycles. The molecule has 0 spiro atoms. The maximum absolute atomic E-state index is 12.2. The van der Waals surface area contributed by atoms with Crippen molar-refractivity contribution >= 4 is 38.2 Å². The number of nitriles is 1. The van der Waals surface area contributed by atoms with Crippen molar-refractivity contribution in [2.75, 3.05) is 5.32 Å². The number of carbonyl (C=O) groups excluding carboxylic acids is 1. The zero-order valence-electron chi connectivity index (χ0n) is 11.5. The number of H-pyrrole nitrogens is 1. The lowest BCUT2D eigenvalue weighted by Crippen LogP contribution is -2.12. The maximum Gasteiger partial charge on any atom is 0.272 e. The van der Waals surface area contributed by atoms with E-state index < -0.39 is 0 Å². The molecule has 6 heteroatoms. The Kier molecular flexibility index (Phi) is 3.87. The highest BCUT2D eigenvalue weighted by Crippen LogP contribution is 2.39. The van der Waals surface area contributed by atoms with Gasteiger partial charge < -0.3 is 10.3 Å². The fourth-order valence-corrected chi connectivity index (χ4v) is 4.33. The van der Waals surface area contributed by atoms with Crippen LogP contribution >= 0.6 is 27.3 Å². The van der Waals surface area contributed by atoms with Gasteiger partial charge in [-0.15, -0.1) is 11.3 Å². The minimum Gasteiger partial charge on any atom is -0.356 e. The van der Waals surface area contributed by atoms with Crippen LogP contribution in [-0.2, 0) is 12.8 Å². The Hall–Kier alpha value is -1.58. The molecule has 0 aromatic carbocycles. The number of thiophene rings is 1. The summed E-state index contributed by atoms with van der Waals surface area (Å²) in [6.07, 6.45) is 4.75. The molecule has 0 bridgehead atoms. The lowest BCUT2D eigenvalue weighted by atomic mass is 9.89. The van der Waals surface area contributed by atoms with E-state index in [1.807, 2.05) is 0 Å². The van der Waals surface area contributed by atoms with E-state index in [0.717, 1.165) is 29.3 Å². The summed E-state index contributed by atoms with van der Waals surface area (Å²) < 4.78 is 0.826. The first-order chi connectivity index (χ1) is 10.1. The van der Waals surface area contributed by atoms with E-state index in [0.29, 0.717) is 22.2 Å². The summed E-state index contributed by atoms with van der Waals surface area (Å²) in [5, 5.41) is 12.9. The topological polar surface area (TPSA) is 68.7 Å². The van der Waals surface area contributed by atoms with Gasteiger partial charge in [-0.3, -0.25) is 4.79 Å². The Morgan fingerprint density at radius 3 is 3.10 bits per heavy atom. The third-order valence-electron chi connectivity index (χ3n) is 3.74. The number of fused-ring (bicyclic) bond motifs is 1. The van der Waals surface area contributed by atoms with Crippen LogP contribution in [0.1, 0.15) is 39.8 Å². The van der Waals surface area contributed by atoms with Crippen LogP contribution in [0.4, 0.5) is 5.00 Å². The summed E-state index contributed by atoms with van der Waals surface area (Å²) in [4.78, 5) is 16.3. The van der Waals surface area contributed by atoms with Crippen molar-refractivity contribution in [3.05, 3.63) is 38.4 Å². The van der Waals surface area contributed by atoms with Gasteiger partial charge in [-0.05, 0) is 52.7 Å². The number of hydrogen-bond donors (Lipinski definition) is 2. The number of anilines is 1. The Bertz CT molecular complexity index is 741. The van der Waals surface area contributed by atoms with E-state index >= 15 is 0 Å².